The monoisotopic (exact) mass is 390 g/mol. The van der Waals surface area contributed by atoms with Gasteiger partial charge in [-0.1, -0.05) is 50.9 Å². The molecule has 0 aliphatic carbocycles. The normalized spacial score (nSPS) is 11.2. The lowest BCUT2D eigenvalue weighted by molar-refractivity contribution is -0.132. The van der Waals surface area contributed by atoms with Crippen molar-refractivity contribution < 1.29 is 9.59 Å². The number of amides is 2. The number of carbonyl (C=O) groups excluding carboxylic acids is 2. The van der Waals surface area contributed by atoms with E-state index in [2.05, 4.69) is 26.1 Å². The lowest BCUT2D eigenvalue weighted by atomic mass is 10.3. The standard InChI is InChI=1S/C17H24Cl2N2O2S/c1-5-8-21(16(23)11-24-17(2,3)4)10-15(22)20-14-7-6-12(18)9-13(14)19/h6-7,9H,5,8,10-11H2,1-4H3,(H,20,22). The van der Waals surface area contributed by atoms with E-state index >= 15 is 0 Å². The molecule has 0 heterocycles. The molecule has 0 aromatic heterocycles. The van der Waals surface area contributed by atoms with Crippen LogP contribution in [0.2, 0.25) is 10.0 Å². The van der Waals surface area contributed by atoms with E-state index < -0.39 is 0 Å². The van der Waals surface area contributed by atoms with Gasteiger partial charge in [-0.25, -0.2) is 0 Å². The van der Waals surface area contributed by atoms with E-state index in [0.29, 0.717) is 28.0 Å². The lowest BCUT2D eigenvalue weighted by Crippen LogP contribution is -2.40. The number of nitrogens with one attached hydrogen (secondary N) is 1. The van der Waals surface area contributed by atoms with Gasteiger partial charge in [-0.3, -0.25) is 9.59 Å². The molecular formula is C17H24Cl2N2O2S. The number of hydrogen-bond donors (Lipinski definition) is 1. The number of nitrogens with zero attached hydrogens (tertiary/aromatic N) is 1. The highest BCUT2D eigenvalue weighted by atomic mass is 35.5. The van der Waals surface area contributed by atoms with Crippen molar-refractivity contribution in [1.29, 1.82) is 0 Å². The van der Waals surface area contributed by atoms with Gasteiger partial charge in [-0.15, -0.1) is 11.8 Å². The SMILES string of the molecule is CCCN(CC(=O)Nc1ccc(Cl)cc1Cl)C(=O)CSC(C)(C)C. The number of hydrogen-bond acceptors (Lipinski definition) is 3. The van der Waals surface area contributed by atoms with Crippen LogP contribution in [-0.2, 0) is 9.59 Å². The highest BCUT2D eigenvalue weighted by Gasteiger charge is 2.20. The first-order valence-corrected chi connectivity index (χ1v) is 9.53. The summed E-state index contributed by atoms with van der Waals surface area (Å²) in [7, 11) is 0. The molecule has 2 amide bonds. The Hall–Kier alpha value is -0.910. The van der Waals surface area contributed by atoms with Crippen molar-refractivity contribution in [2.24, 2.45) is 0 Å². The van der Waals surface area contributed by atoms with Crippen molar-refractivity contribution in [2.45, 2.75) is 38.9 Å². The Morgan fingerprint density at radius 2 is 1.92 bits per heavy atom. The van der Waals surface area contributed by atoms with Gasteiger partial charge in [0, 0.05) is 16.3 Å². The quantitative estimate of drug-likeness (QED) is 0.733. The summed E-state index contributed by atoms with van der Waals surface area (Å²) in [6, 6.07) is 4.86. The Morgan fingerprint density at radius 1 is 1.25 bits per heavy atom. The summed E-state index contributed by atoms with van der Waals surface area (Å²) in [6.07, 6.45) is 0.793. The maximum atomic E-state index is 12.4. The minimum atomic E-state index is -0.276. The van der Waals surface area contributed by atoms with Gasteiger partial charge in [0.1, 0.15) is 0 Å². The van der Waals surface area contributed by atoms with Gasteiger partial charge in [-0.2, -0.15) is 0 Å². The third-order valence-electron chi connectivity index (χ3n) is 3.01. The number of benzene rings is 1. The molecule has 0 radical (unpaired) electrons. The number of halogens is 2. The molecular weight excluding hydrogens is 367 g/mol. The fraction of sp³-hybridized carbons (Fsp3) is 0.529. The van der Waals surface area contributed by atoms with Crippen molar-refractivity contribution >= 4 is 52.5 Å². The van der Waals surface area contributed by atoms with Crippen molar-refractivity contribution in [3.63, 3.8) is 0 Å². The predicted octanol–water partition coefficient (Wildman–Crippen LogP) is 4.70. The third kappa shape index (κ3) is 7.77. The van der Waals surface area contributed by atoms with Gasteiger partial charge >= 0.3 is 0 Å². The average Bonchev–Trinajstić information content (AvgIpc) is 2.46. The first kappa shape index (κ1) is 21.1. The van der Waals surface area contributed by atoms with E-state index in [-0.39, 0.29) is 23.1 Å². The fourth-order valence-corrected chi connectivity index (χ4v) is 3.08. The van der Waals surface area contributed by atoms with Crippen LogP contribution in [0.5, 0.6) is 0 Å². The summed E-state index contributed by atoms with van der Waals surface area (Å²) < 4.78 is 0.00658. The van der Waals surface area contributed by atoms with Gasteiger partial charge < -0.3 is 10.2 Å². The largest absolute Gasteiger partial charge is 0.333 e. The molecule has 1 aromatic rings. The van der Waals surface area contributed by atoms with Crippen LogP contribution in [-0.4, -0.2) is 40.3 Å². The molecule has 1 aromatic carbocycles. The molecule has 24 heavy (non-hydrogen) atoms. The summed E-state index contributed by atoms with van der Waals surface area (Å²) in [5.74, 6) is 0.0503. The molecule has 0 saturated heterocycles. The van der Waals surface area contributed by atoms with E-state index in [1.54, 1.807) is 34.9 Å². The molecule has 0 bridgehead atoms. The molecule has 7 heteroatoms. The first-order chi connectivity index (χ1) is 11.1. The van der Waals surface area contributed by atoms with Gasteiger partial charge in [0.05, 0.1) is 23.0 Å². The van der Waals surface area contributed by atoms with Crippen LogP contribution >= 0.6 is 35.0 Å². The summed E-state index contributed by atoms with van der Waals surface area (Å²) >= 11 is 13.5. The highest BCUT2D eigenvalue weighted by molar-refractivity contribution is 8.01. The molecule has 0 unspecified atom stereocenters. The van der Waals surface area contributed by atoms with Crippen LogP contribution in [0.3, 0.4) is 0 Å². The Labute approximate surface area is 158 Å². The smallest absolute Gasteiger partial charge is 0.244 e. The summed E-state index contributed by atoms with van der Waals surface area (Å²) in [6.45, 7) is 8.71. The zero-order valence-electron chi connectivity index (χ0n) is 14.5. The molecule has 0 spiro atoms. The molecule has 0 aliphatic heterocycles. The van der Waals surface area contributed by atoms with E-state index in [1.807, 2.05) is 6.92 Å². The van der Waals surface area contributed by atoms with Crippen molar-refractivity contribution in [3.8, 4) is 0 Å². The van der Waals surface area contributed by atoms with Crippen LogP contribution in [0, 0.1) is 0 Å². The summed E-state index contributed by atoms with van der Waals surface area (Å²) in [4.78, 5) is 26.2. The number of thioether (sulfide) groups is 1. The van der Waals surface area contributed by atoms with Gasteiger partial charge in [0.2, 0.25) is 11.8 Å². The second kappa shape index (κ2) is 9.54. The maximum Gasteiger partial charge on any atom is 0.244 e. The molecule has 134 valence electrons. The topological polar surface area (TPSA) is 49.4 Å². The van der Waals surface area contributed by atoms with Crippen LogP contribution < -0.4 is 5.32 Å². The van der Waals surface area contributed by atoms with Crippen molar-refractivity contribution in [1.82, 2.24) is 4.90 Å². The van der Waals surface area contributed by atoms with E-state index in [4.69, 9.17) is 23.2 Å². The average molecular weight is 391 g/mol. The molecule has 0 fully saturated rings. The van der Waals surface area contributed by atoms with E-state index in [9.17, 15) is 9.59 Å². The van der Waals surface area contributed by atoms with E-state index in [0.717, 1.165) is 6.42 Å². The highest BCUT2D eigenvalue weighted by Crippen LogP contribution is 2.25. The minimum Gasteiger partial charge on any atom is -0.333 e. The minimum absolute atomic E-state index is 0.00658. The molecule has 0 atom stereocenters. The zero-order chi connectivity index (χ0) is 18.3. The molecule has 0 aliphatic rings. The lowest BCUT2D eigenvalue weighted by Gasteiger charge is -2.24. The Bertz CT molecular complexity index is 588. The summed E-state index contributed by atoms with van der Waals surface area (Å²) in [5, 5.41) is 3.59. The van der Waals surface area contributed by atoms with Gasteiger partial charge in [-0.05, 0) is 24.6 Å². The Morgan fingerprint density at radius 3 is 2.46 bits per heavy atom. The zero-order valence-corrected chi connectivity index (χ0v) is 16.8. The van der Waals surface area contributed by atoms with Crippen molar-refractivity contribution in [2.75, 3.05) is 24.2 Å². The maximum absolute atomic E-state index is 12.4. The summed E-state index contributed by atoms with van der Waals surface area (Å²) in [5.41, 5.74) is 0.485. The van der Waals surface area contributed by atoms with Gasteiger partial charge in [0.25, 0.3) is 0 Å². The van der Waals surface area contributed by atoms with Crippen LogP contribution in [0.1, 0.15) is 34.1 Å². The molecule has 4 nitrogen and oxygen atoms in total. The second-order valence-corrected chi connectivity index (χ2v) is 9.03. The van der Waals surface area contributed by atoms with E-state index in [1.165, 1.54) is 0 Å². The predicted molar refractivity (Wildman–Crippen MR) is 104 cm³/mol. The number of anilines is 1. The molecule has 1 N–H and O–H groups in total. The Balaban J connectivity index is 2.66. The first-order valence-electron chi connectivity index (χ1n) is 7.79. The second-order valence-electron chi connectivity index (χ2n) is 6.39. The Kier molecular flexibility index (Phi) is 8.40. The van der Waals surface area contributed by atoms with Gasteiger partial charge in [0.15, 0.2) is 0 Å². The number of carbonyl (C=O) groups is 2. The molecule has 1 rings (SSSR count). The van der Waals surface area contributed by atoms with Crippen LogP contribution in [0.4, 0.5) is 5.69 Å². The van der Waals surface area contributed by atoms with Crippen LogP contribution in [0.15, 0.2) is 18.2 Å². The van der Waals surface area contributed by atoms with Crippen molar-refractivity contribution in [3.05, 3.63) is 28.2 Å². The number of rotatable bonds is 7. The third-order valence-corrected chi connectivity index (χ3v) is 4.82. The fourth-order valence-electron chi connectivity index (χ4n) is 1.89. The van der Waals surface area contributed by atoms with Crippen LogP contribution in [0.25, 0.3) is 0 Å². The molecule has 0 saturated carbocycles.